The molecule has 4 heteroatoms. The summed E-state index contributed by atoms with van der Waals surface area (Å²) < 4.78 is 0.393. The van der Waals surface area contributed by atoms with Gasteiger partial charge in [-0.25, -0.2) is 0 Å². The fourth-order valence-corrected chi connectivity index (χ4v) is 53.7. The third kappa shape index (κ3) is 3.68. The van der Waals surface area contributed by atoms with E-state index in [1.54, 1.807) is 0 Å². The molecule has 34 heavy (non-hydrogen) atoms. The van der Waals surface area contributed by atoms with Crippen molar-refractivity contribution in [2.24, 2.45) is 0 Å². The molecule has 0 saturated carbocycles. The Bertz CT molecular complexity index is 1140. The van der Waals surface area contributed by atoms with E-state index < -0.39 is 21.3 Å². The molecule has 0 amide bonds. The van der Waals surface area contributed by atoms with Crippen molar-refractivity contribution < 1.29 is 15.3 Å². The summed E-state index contributed by atoms with van der Waals surface area (Å²) in [5.74, 6) is -0.515. The Labute approximate surface area is 216 Å². The first-order chi connectivity index (χ1) is 15.7. The first-order valence-electron chi connectivity index (χ1n) is 12.9. The summed E-state index contributed by atoms with van der Waals surface area (Å²) in [6, 6.07) is 9.27. The van der Waals surface area contributed by atoms with Gasteiger partial charge in [-0.1, -0.05) is 0 Å². The molecule has 2 atom stereocenters. The van der Waals surface area contributed by atoms with E-state index in [0.717, 1.165) is 0 Å². The molecule has 2 aromatic carbocycles. The molecule has 2 aromatic rings. The van der Waals surface area contributed by atoms with Crippen LogP contribution in [-0.2, 0) is 15.3 Å². The summed E-state index contributed by atoms with van der Waals surface area (Å²) in [4.78, 5) is 0. The Morgan fingerprint density at radius 2 is 1.03 bits per heavy atom. The number of fused-ring (bicyclic) bond motifs is 2. The minimum absolute atomic E-state index is 0.196. The Morgan fingerprint density at radius 1 is 0.676 bits per heavy atom. The number of allylic oxidation sites excluding steroid dienone is 2. The molecular weight excluding hydrogens is 638 g/mol. The standard InChI is InChI=1S/2C14H17.C2H7Si.2ClH.Hf/c2*1-9(2)12-6-5-11(4)13-7-10(3)8-14(12)13;1-3-2;;;/h2*5-9H,1-4H3;3H,1-2H3;2*1H;/q;;;;;+2/p-2. The van der Waals surface area contributed by atoms with Crippen LogP contribution in [0.5, 0.6) is 0 Å². The number of benzene rings is 2. The maximum atomic E-state index is 8.36. The average molecular weight is 679 g/mol. The van der Waals surface area contributed by atoms with Crippen molar-refractivity contribution in [1.82, 2.24) is 0 Å². The molecule has 0 fully saturated rings. The van der Waals surface area contributed by atoms with Crippen molar-refractivity contribution in [3.05, 3.63) is 79.9 Å². The van der Waals surface area contributed by atoms with E-state index in [2.05, 4.69) is 105 Å². The van der Waals surface area contributed by atoms with Gasteiger partial charge in [-0.15, -0.1) is 0 Å². The molecule has 0 N–H and O–H groups in total. The zero-order chi connectivity index (χ0) is 25.4. The van der Waals surface area contributed by atoms with Crippen LogP contribution < -0.4 is 0 Å². The molecule has 4 rings (SSSR count). The number of aryl methyl sites for hydroxylation is 2. The number of hydrogen-bond acceptors (Lipinski definition) is 0. The quantitative estimate of drug-likeness (QED) is 0.276. The van der Waals surface area contributed by atoms with Crippen LogP contribution in [0.25, 0.3) is 12.2 Å². The van der Waals surface area contributed by atoms with E-state index in [1.807, 2.05) is 0 Å². The normalized spacial score (nSPS) is 21.0. The van der Waals surface area contributed by atoms with Crippen molar-refractivity contribution in [1.29, 1.82) is 0 Å². The minimum atomic E-state index is -4.71. The van der Waals surface area contributed by atoms with Crippen LogP contribution in [0.4, 0.5) is 0 Å². The van der Waals surface area contributed by atoms with Gasteiger partial charge < -0.3 is 0 Å². The van der Waals surface area contributed by atoms with Gasteiger partial charge in [0.15, 0.2) is 0 Å². The van der Waals surface area contributed by atoms with Crippen LogP contribution >= 0.6 is 17.2 Å². The molecule has 183 valence electrons. The molecular formula is C30H41Cl2HfSi. The van der Waals surface area contributed by atoms with Gasteiger partial charge in [0, 0.05) is 0 Å². The molecule has 2 aliphatic carbocycles. The first kappa shape index (κ1) is 26.6. The van der Waals surface area contributed by atoms with Crippen LogP contribution in [0, 0.1) is 13.8 Å². The summed E-state index contributed by atoms with van der Waals surface area (Å²) >= 11 is -4.71. The van der Waals surface area contributed by atoms with Crippen molar-refractivity contribution in [2.75, 3.05) is 0 Å². The summed E-state index contributed by atoms with van der Waals surface area (Å²) in [5.41, 5.74) is 14.1. The van der Waals surface area contributed by atoms with Gasteiger partial charge in [-0.3, -0.25) is 0 Å². The van der Waals surface area contributed by atoms with E-state index >= 15 is 0 Å². The Balaban J connectivity index is 2.06. The summed E-state index contributed by atoms with van der Waals surface area (Å²) in [5, 5.41) is 0. The second kappa shape index (κ2) is 8.86. The van der Waals surface area contributed by atoms with Gasteiger partial charge in [0.2, 0.25) is 0 Å². The molecule has 0 saturated heterocycles. The van der Waals surface area contributed by atoms with Crippen LogP contribution in [0.15, 0.2) is 35.4 Å². The van der Waals surface area contributed by atoms with Gasteiger partial charge >= 0.3 is 218 Å². The van der Waals surface area contributed by atoms with Gasteiger partial charge in [0.1, 0.15) is 0 Å². The zero-order valence-corrected chi connectivity index (χ0v) is 28.9. The molecule has 0 nitrogen and oxygen atoms in total. The Kier molecular flexibility index (Phi) is 6.94. The van der Waals surface area contributed by atoms with E-state index in [9.17, 15) is 0 Å². The third-order valence-corrected chi connectivity index (χ3v) is 82.1. The summed E-state index contributed by atoms with van der Waals surface area (Å²) in [6.45, 7) is 23.2. The number of hydrogen-bond donors (Lipinski definition) is 0. The zero-order valence-electron chi connectivity index (χ0n) is 22.6. The molecule has 2 unspecified atom stereocenters. The second-order valence-electron chi connectivity index (χ2n) is 11.9. The van der Waals surface area contributed by atoms with Gasteiger partial charge in [0.05, 0.1) is 0 Å². The fourth-order valence-electron chi connectivity index (χ4n) is 6.95. The monoisotopic (exact) mass is 679 g/mol. The van der Waals surface area contributed by atoms with Crippen LogP contribution in [0.3, 0.4) is 0 Å². The van der Waals surface area contributed by atoms with Crippen molar-refractivity contribution in [3.8, 4) is 0 Å². The topological polar surface area (TPSA) is 0 Å². The molecule has 0 bridgehead atoms. The summed E-state index contributed by atoms with van der Waals surface area (Å²) in [6.07, 6.45) is 4.87. The fraction of sp³-hybridized carbons (Fsp3) is 0.467. The summed E-state index contributed by atoms with van der Waals surface area (Å²) in [7, 11) is 16.7. The maximum absolute atomic E-state index is 8.36. The van der Waals surface area contributed by atoms with Crippen LogP contribution in [0.2, 0.25) is 13.1 Å². The number of rotatable bonds is 5. The average Bonchev–Trinajstić information content (AvgIpc) is 3.26. The van der Waals surface area contributed by atoms with Crippen LogP contribution in [-0.4, -0.2) is 5.98 Å². The van der Waals surface area contributed by atoms with Gasteiger partial charge in [0.25, 0.3) is 0 Å². The van der Waals surface area contributed by atoms with Crippen molar-refractivity contribution in [3.63, 3.8) is 0 Å². The SMILES string of the molecule is CC1=Cc2c(C(C)C)ccc(C)c2[CH]1[Hf]([Cl])([Cl])([CH]1C(C)=Cc2c(C(C)C)ccc(C)c21)[SiH](C)C. The van der Waals surface area contributed by atoms with Crippen molar-refractivity contribution in [2.45, 2.75) is 87.7 Å². The van der Waals surface area contributed by atoms with Gasteiger partial charge in [-0.05, 0) is 0 Å². The molecule has 0 aromatic heterocycles. The van der Waals surface area contributed by atoms with E-state index in [4.69, 9.17) is 17.2 Å². The van der Waals surface area contributed by atoms with Crippen LogP contribution in [0.1, 0.15) is 105 Å². The predicted molar refractivity (Wildman–Crippen MR) is 154 cm³/mol. The molecule has 0 aliphatic heterocycles. The predicted octanol–water partition coefficient (Wildman–Crippen LogP) is 10.1. The van der Waals surface area contributed by atoms with Crippen molar-refractivity contribution >= 4 is 35.3 Å². The van der Waals surface area contributed by atoms with E-state index in [1.165, 1.54) is 55.7 Å². The molecule has 0 radical (unpaired) electrons. The molecule has 0 spiro atoms. The molecule has 0 heterocycles. The van der Waals surface area contributed by atoms with E-state index in [0.29, 0.717) is 11.8 Å². The second-order valence-corrected chi connectivity index (χ2v) is 71.2. The van der Waals surface area contributed by atoms with E-state index in [-0.39, 0.29) is 7.35 Å². The Morgan fingerprint density at radius 3 is 1.32 bits per heavy atom. The van der Waals surface area contributed by atoms with Gasteiger partial charge in [-0.2, -0.15) is 0 Å². The third-order valence-electron chi connectivity index (χ3n) is 8.76. The molecule has 2 aliphatic rings. The number of halogens is 2. The Hall–Kier alpha value is -0.413. The first-order valence-corrected chi connectivity index (χ1v) is 35.1.